The van der Waals surface area contributed by atoms with Crippen LogP contribution in [0, 0.1) is 0 Å². The van der Waals surface area contributed by atoms with Crippen molar-refractivity contribution in [3.05, 3.63) is 28.7 Å². The fourth-order valence-corrected chi connectivity index (χ4v) is 4.94. The minimum atomic E-state index is -0.944. The molecule has 1 aromatic heterocycles. The molecule has 1 aromatic carbocycles. The zero-order valence-electron chi connectivity index (χ0n) is 13.6. The maximum absolute atomic E-state index is 12.3. The van der Waals surface area contributed by atoms with Gasteiger partial charge in [-0.05, 0) is 0 Å². The van der Waals surface area contributed by atoms with E-state index in [4.69, 9.17) is 0 Å². The Morgan fingerprint density at radius 3 is 2.62 bits per heavy atom. The Morgan fingerprint density at radius 2 is 1.92 bits per heavy atom. The van der Waals surface area contributed by atoms with Crippen molar-refractivity contribution in [3.63, 3.8) is 0 Å². The molecular formula is C17H21N3O3Se. The van der Waals surface area contributed by atoms with E-state index in [9.17, 15) is 14.7 Å². The standard InChI is InChI=1S/C17H21N3O3Se/c1-19-8-10-20(11-9-19)7-6-14(21)18-15-12-4-2-3-5-13(12)24-16(15)17(22)23/h2-5H,6-11H2,1H3,(H,18,21)(H,22,23). The summed E-state index contributed by atoms with van der Waals surface area (Å²) in [7, 11) is 2.10. The van der Waals surface area contributed by atoms with E-state index in [2.05, 4.69) is 22.2 Å². The number of amides is 1. The van der Waals surface area contributed by atoms with Gasteiger partial charge in [-0.3, -0.25) is 0 Å². The van der Waals surface area contributed by atoms with Gasteiger partial charge < -0.3 is 0 Å². The summed E-state index contributed by atoms with van der Waals surface area (Å²) in [6.45, 7) is 4.69. The first-order chi connectivity index (χ1) is 11.5. The number of likely N-dealkylation sites (N-methyl/N-ethyl adjacent to an activating group) is 1. The molecule has 0 radical (unpaired) electrons. The fraction of sp³-hybridized carbons (Fsp3) is 0.412. The van der Waals surface area contributed by atoms with E-state index >= 15 is 0 Å². The molecule has 7 heteroatoms. The topological polar surface area (TPSA) is 72.9 Å². The second-order valence-electron chi connectivity index (χ2n) is 6.05. The number of nitrogens with zero attached hydrogens (tertiary/aromatic N) is 2. The van der Waals surface area contributed by atoms with Crippen LogP contribution < -0.4 is 5.32 Å². The number of carbonyl (C=O) groups is 2. The summed E-state index contributed by atoms with van der Waals surface area (Å²) in [4.78, 5) is 28.4. The number of fused-ring (bicyclic) bond motifs is 1. The summed E-state index contributed by atoms with van der Waals surface area (Å²) < 4.78 is 1.34. The molecule has 1 saturated heterocycles. The van der Waals surface area contributed by atoms with E-state index < -0.39 is 5.97 Å². The summed E-state index contributed by atoms with van der Waals surface area (Å²) in [5.41, 5.74) is 0.487. The van der Waals surface area contributed by atoms with Gasteiger partial charge in [0.05, 0.1) is 0 Å². The molecule has 3 rings (SSSR count). The number of carboxylic acids is 1. The maximum atomic E-state index is 12.3. The molecule has 0 saturated carbocycles. The molecule has 1 aliphatic heterocycles. The Balaban J connectivity index is 1.67. The summed E-state index contributed by atoms with van der Waals surface area (Å²) in [5.74, 6) is -1.06. The minimum absolute atomic E-state index is 0.116. The van der Waals surface area contributed by atoms with Crippen molar-refractivity contribution in [2.24, 2.45) is 0 Å². The van der Waals surface area contributed by atoms with Gasteiger partial charge in [0.1, 0.15) is 0 Å². The molecule has 0 unspecified atom stereocenters. The van der Waals surface area contributed by atoms with Crippen LogP contribution in [0.1, 0.15) is 15.7 Å². The number of hydrogen-bond acceptors (Lipinski definition) is 4. The molecule has 0 bridgehead atoms. The molecular weight excluding hydrogens is 373 g/mol. The third kappa shape index (κ3) is 3.87. The number of hydrogen-bond donors (Lipinski definition) is 2. The molecule has 0 atom stereocenters. The van der Waals surface area contributed by atoms with E-state index in [1.165, 1.54) is 0 Å². The second-order valence-corrected chi connectivity index (χ2v) is 8.26. The van der Waals surface area contributed by atoms with Crippen molar-refractivity contribution in [2.45, 2.75) is 6.42 Å². The van der Waals surface area contributed by atoms with Crippen LogP contribution in [0.2, 0.25) is 0 Å². The van der Waals surface area contributed by atoms with Gasteiger partial charge in [0.2, 0.25) is 0 Å². The van der Waals surface area contributed by atoms with Gasteiger partial charge in [0.15, 0.2) is 0 Å². The predicted molar refractivity (Wildman–Crippen MR) is 95.0 cm³/mol. The van der Waals surface area contributed by atoms with Gasteiger partial charge >= 0.3 is 146 Å². The Morgan fingerprint density at radius 1 is 1.21 bits per heavy atom. The van der Waals surface area contributed by atoms with Crippen LogP contribution in [0.4, 0.5) is 5.69 Å². The quantitative estimate of drug-likeness (QED) is 0.745. The van der Waals surface area contributed by atoms with Gasteiger partial charge in [-0.2, -0.15) is 0 Å². The van der Waals surface area contributed by atoms with E-state index in [1.54, 1.807) is 0 Å². The first-order valence-corrected chi connectivity index (χ1v) is 9.71. The van der Waals surface area contributed by atoms with Crippen LogP contribution in [-0.4, -0.2) is 81.1 Å². The molecule has 2 N–H and O–H groups in total. The Labute approximate surface area is 146 Å². The third-order valence-electron chi connectivity index (χ3n) is 4.31. The fourth-order valence-electron chi connectivity index (χ4n) is 2.85. The first kappa shape index (κ1) is 17.2. The third-order valence-corrected chi connectivity index (χ3v) is 6.74. The monoisotopic (exact) mass is 395 g/mol. The number of carbonyl (C=O) groups excluding carboxylic acids is 1. The van der Waals surface area contributed by atoms with Crippen LogP contribution in [0.25, 0.3) is 9.65 Å². The number of piperazine rings is 1. The molecule has 0 spiro atoms. The Hall–Kier alpha value is -1.66. The van der Waals surface area contributed by atoms with E-state index in [1.807, 2.05) is 24.3 Å². The normalized spacial score (nSPS) is 16.4. The SMILES string of the molecule is CN1CCN(CCC(=O)Nc2c(C(=O)O)[se]c3ccccc23)CC1. The van der Waals surface area contributed by atoms with Crippen LogP contribution >= 0.6 is 0 Å². The van der Waals surface area contributed by atoms with Crippen LogP contribution in [-0.2, 0) is 4.79 Å². The van der Waals surface area contributed by atoms with Crippen molar-refractivity contribution < 1.29 is 14.7 Å². The van der Waals surface area contributed by atoms with Crippen molar-refractivity contribution in [1.29, 1.82) is 0 Å². The number of carboxylic acid groups (broad SMARTS) is 1. The number of nitrogens with one attached hydrogen (secondary N) is 1. The van der Waals surface area contributed by atoms with Gasteiger partial charge in [-0.1, -0.05) is 0 Å². The molecule has 6 nitrogen and oxygen atoms in total. The van der Waals surface area contributed by atoms with Gasteiger partial charge in [-0.25, -0.2) is 0 Å². The second kappa shape index (κ2) is 7.49. The van der Waals surface area contributed by atoms with E-state index in [0.29, 0.717) is 23.1 Å². The van der Waals surface area contributed by atoms with Crippen LogP contribution in [0.15, 0.2) is 24.3 Å². The number of rotatable bonds is 5. The number of benzene rings is 1. The molecule has 2 aromatic rings. The number of anilines is 1. The van der Waals surface area contributed by atoms with Crippen LogP contribution in [0.3, 0.4) is 0 Å². The van der Waals surface area contributed by atoms with E-state index in [0.717, 1.165) is 35.8 Å². The average molecular weight is 394 g/mol. The molecule has 0 aliphatic carbocycles. The van der Waals surface area contributed by atoms with Crippen LogP contribution in [0.5, 0.6) is 0 Å². The Kier molecular flexibility index (Phi) is 5.36. The predicted octanol–water partition coefficient (Wildman–Crippen LogP) is 1.17. The summed E-state index contributed by atoms with van der Waals surface area (Å²) in [6.07, 6.45) is 0.384. The molecule has 1 fully saturated rings. The molecule has 1 aliphatic rings. The van der Waals surface area contributed by atoms with Crippen molar-refractivity contribution in [1.82, 2.24) is 9.80 Å². The van der Waals surface area contributed by atoms with E-state index in [-0.39, 0.29) is 20.4 Å². The molecule has 24 heavy (non-hydrogen) atoms. The summed E-state index contributed by atoms with van der Waals surface area (Å²) in [5, 5.41) is 13.1. The molecule has 2 heterocycles. The van der Waals surface area contributed by atoms with Gasteiger partial charge in [-0.15, -0.1) is 0 Å². The van der Waals surface area contributed by atoms with Crippen molar-refractivity contribution in [2.75, 3.05) is 45.1 Å². The first-order valence-electron chi connectivity index (χ1n) is 8.00. The van der Waals surface area contributed by atoms with Crippen molar-refractivity contribution >= 4 is 41.7 Å². The zero-order chi connectivity index (χ0) is 17.1. The summed E-state index contributed by atoms with van der Waals surface area (Å²) in [6, 6.07) is 7.58. The van der Waals surface area contributed by atoms with Gasteiger partial charge in [0, 0.05) is 0 Å². The molecule has 128 valence electrons. The average Bonchev–Trinajstić information content (AvgIpc) is 2.93. The summed E-state index contributed by atoms with van der Waals surface area (Å²) >= 11 is -0.261. The zero-order valence-corrected chi connectivity index (χ0v) is 15.3. The number of aromatic carboxylic acids is 1. The molecule has 1 amide bonds. The van der Waals surface area contributed by atoms with Crippen molar-refractivity contribution in [3.8, 4) is 0 Å². The Bertz CT molecular complexity index is 751. The van der Waals surface area contributed by atoms with Gasteiger partial charge in [0.25, 0.3) is 0 Å².